The smallest absolute Gasteiger partial charge is 0.318 e. The third-order valence-corrected chi connectivity index (χ3v) is 3.06. The van der Waals surface area contributed by atoms with E-state index in [0.29, 0.717) is 5.56 Å². The second kappa shape index (κ2) is 5.04. The standard InChI is InChI=1S/C9H12N2O4S/c1-16(14,15)11(7-9(12)13)6-8-3-2-4-10-5-8/h2-5H,6-7H2,1H3,(H,12,13). The number of hydrogen-bond acceptors (Lipinski definition) is 4. The third kappa shape index (κ3) is 3.95. The molecule has 0 aromatic carbocycles. The van der Waals surface area contributed by atoms with Crippen LogP contribution in [0.15, 0.2) is 24.5 Å². The molecular weight excluding hydrogens is 232 g/mol. The van der Waals surface area contributed by atoms with Gasteiger partial charge in [-0.1, -0.05) is 6.07 Å². The number of aliphatic carboxylic acids is 1. The summed E-state index contributed by atoms with van der Waals surface area (Å²) in [5, 5.41) is 8.60. The van der Waals surface area contributed by atoms with Gasteiger partial charge in [-0.2, -0.15) is 4.31 Å². The minimum absolute atomic E-state index is 0.0129. The number of rotatable bonds is 5. The molecule has 0 aliphatic rings. The minimum Gasteiger partial charge on any atom is -0.480 e. The summed E-state index contributed by atoms with van der Waals surface area (Å²) in [4.78, 5) is 14.4. The zero-order chi connectivity index (χ0) is 12.2. The summed E-state index contributed by atoms with van der Waals surface area (Å²) >= 11 is 0. The summed E-state index contributed by atoms with van der Waals surface area (Å²) in [6, 6.07) is 3.35. The summed E-state index contributed by atoms with van der Waals surface area (Å²) in [6.45, 7) is -0.535. The summed E-state index contributed by atoms with van der Waals surface area (Å²) in [6.07, 6.45) is 4.04. The molecule has 1 N–H and O–H groups in total. The number of aromatic nitrogens is 1. The van der Waals surface area contributed by atoms with E-state index in [1.165, 1.54) is 6.20 Å². The first-order valence-electron chi connectivity index (χ1n) is 4.45. The maximum absolute atomic E-state index is 11.3. The number of carboxylic acid groups (broad SMARTS) is 1. The molecule has 0 fully saturated rings. The number of hydrogen-bond donors (Lipinski definition) is 1. The normalized spacial score (nSPS) is 11.6. The fraction of sp³-hybridized carbons (Fsp3) is 0.333. The third-order valence-electron chi connectivity index (χ3n) is 1.86. The maximum atomic E-state index is 11.3. The monoisotopic (exact) mass is 244 g/mol. The van der Waals surface area contributed by atoms with Crippen LogP contribution in [0.2, 0.25) is 0 Å². The summed E-state index contributed by atoms with van der Waals surface area (Å²) in [5.74, 6) is -1.19. The Morgan fingerprint density at radius 2 is 2.25 bits per heavy atom. The van der Waals surface area contributed by atoms with Crippen molar-refractivity contribution in [1.82, 2.24) is 9.29 Å². The molecule has 1 heterocycles. The van der Waals surface area contributed by atoms with Gasteiger partial charge < -0.3 is 5.11 Å². The van der Waals surface area contributed by atoms with Crippen LogP contribution in [0.4, 0.5) is 0 Å². The van der Waals surface area contributed by atoms with Crippen LogP contribution in [-0.4, -0.2) is 41.6 Å². The summed E-state index contributed by atoms with van der Waals surface area (Å²) in [5.41, 5.74) is 0.647. The Labute approximate surface area is 93.6 Å². The van der Waals surface area contributed by atoms with Crippen LogP contribution in [0, 0.1) is 0 Å². The molecule has 0 radical (unpaired) electrons. The second-order valence-electron chi connectivity index (χ2n) is 3.29. The number of sulfonamides is 1. The van der Waals surface area contributed by atoms with Crippen molar-refractivity contribution in [2.24, 2.45) is 0 Å². The number of pyridine rings is 1. The zero-order valence-electron chi connectivity index (χ0n) is 8.70. The summed E-state index contributed by atoms with van der Waals surface area (Å²) in [7, 11) is -3.53. The largest absolute Gasteiger partial charge is 0.480 e. The molecule has 0 aliphatic heterocycles. The molecule has 0 spiro atoms. The van der Waals surface area contributed by atoms with Crippen LogP contribution in [-0.2, 0) is 21.4 Å². The van der Waals surface area contributed by atoms with E-state index in [0.717, 1.165) is 10.6 Å². The van der Waals surface area contributed by atoms with E-state index in [-0.39, 0.29) is 6.54 Å². The molecular formula is C9H12N2O4S. The number of carboxylic acids is 1. The molecule has 0 bridgehead atoms. The lowest BCUT2D eigenvalue weighted by Crippen LogP contribution is -2.34. The molecule has 1 rings (SSSR count). The van der Waals surface area contributed by atoms with Gasteiger partial charge in [0.25, 0.3) is 0 Å². The molecule has 0 atom stereocenters. The van der Waals surface area contributed by atoms with Crippen molar-refractivity contribution in [3.05, 3.63) is 30.1 Å². The number of carbonyl (C=O) groups is 1. The van der Waals surface area contributed by atoms with Crippen molar-refractivity contribution in [3.8, 4) is 0 Å². The van der Waals surface area contributed by atoms with Crippen molar-refractivity contribution < 1.29 is 18.3 Å². The van der Waals surface area contributed by atoms with Crippen LogP contribution in [0.5, 0.6) is 0 Å². The molecule has 1 aromatic heterocycles. The van der Waals surface area contributed by atoms with Gasteiger partial charge in [0, 0.05) is 18.9 Å². The van der Waals surface area contributed by atoms with Crippen molar-refractivity contribution in [2.45, 2.75) is 6.54 Å². The highest BCUT2D eigenvalue weighted by Crippen LogP contribution is 2.06. The van der Waals surface area contributed by atoms with E-state index in [4.69, 9.17) is 5.11 Å². The lowest BCUT2D eigenvalue weighted by atomic mass is 10.3. The quantitative estimate of drug-likeness (QED) is 0.783. The lowest BCUT2D eigenvalue weighted by Gasteiger charge is -2.17. The van der Waals surface area contributed by atoms with Crippen LogP contribution >= 0.6 is 0 Å². The Hall–Kier alpha value is -1.47. The highest BCUT2D eigenvalue weighted by molar-refractivity contribution is 7.88. The van der Waals surface area contributed by atoms with Gasteiger partial charge in [0.2, 0.25) is 10.0 Å². The molecule has 7 heteroatoms. The fourth-order valence-electron chi connectivity index (χ4n) is 1.14. The van der Waals surface area contributed by atoms with Gasteiger partial charge in [-0.3, -0.25) is 9.78 Å². The van der Waals surface area contributed by atoms with Gasteiger partial charge in [0.05, 0.1) is 6.26 Å². The van der Waals surface area contributed by atoms with E-state index in [2.05, 4.69) is 4.98 Å². The van der Waals surface area contributed by atoms with Gasteiger partial charge in [-0.15, -0.1) is 0 Å². The van der Waals surface area contributed by atoms with Crippen LogP contribution in [0.1, 0.15) is 5.56 Å². The summed E-state index contributed by atoms with van der Waals surface area (Å²) < 4.78 is 23.5. The van der Waals surface area contributed by atoms with Crippen molar-refractivity contribution in [3.63, 3.8) is 0 Å². The first-order valence-corrected chi connectivity index (χ1v) is 6.30. The molecule has 0 unspecified atom stereocenters. The van der Waals surface area contributed by atoms with E-state index in [9.17, 15) is 13.2 Å². The predicted octanol–water partition coefficient (Wildman–Crippen LogP) is -0.0722. The molecule has 16 heavy (non-hydrogen) atoms. The molecule has 0 saturated heterocycles. The number of nitrogens with zero attached hydrogens (tertiary/aromatic N) is 2. The Morgan fingerprint density at radius 1 is 1.56 bits per heavy atom. The minimum atomic E-state index is -3.53. The average molecular weight is 244 g/mol. The Bertz CT molecular complexity index is 458. The van der Waals surface area contributed by atoms with E-state index in [1.54, 1.807) is 18.3 Å². The Kier molecular flexibility index (Phi) is 3.97. The van der Waals surface area contributed by atoms with Gasteiger partial charge in [-0.05, 0) is 11.6 Å². The van der Waals surface area contributed by atoms with E-state index < -0.39 is 22.5 Å². The van der Waals surface area contributed by atoms with Crippen molar-refractivity contribution in [2.75, 3.05) is 12.8 Å². The zero-order valence-corrected chi connectivity index (χ0v) is 9.51. The molecule has 1 aromatic rings. The van der Waals surface area contributed by atoms with E-state index >= 15 is 0 Å². The second-order valence-corrected chi connectivity index (χ2v) is 5.27. The maximum Gasteiger partial charge on any atom is 0.318 e. The first kappa shape index (κ1) is 12.6. The van der Waals surface area contributed by atoms with Gasteiger partial charge in [0.1, 0.15) is 6.54 Å². The highest BCUT2D eigenvalue weighted by atomic mass is 32.2. The van der Waals surface area contributed by atoms with Gasteiger partial charge in [-0.25, -0.2) is 8.42 Å². The average Bonchev–Trinajstić information content (AvgIpc) is 2.16. The first-order chi connectivity index (χ1) is 7.39. The molecule has 0 aliphatic carbocycles. The lowest BCUT2D eigenvalue weighted by molar-refractivity contribution is -0.137. The molecule has 0 saturated carbocycles. The van der Waals surface area contributed by atoms with Gasteiger partial charge >= 0.3 is 5.97 Å². The fourth-order valence-corrected chi connectivity index (χ4v) is 1.87. The van der Waals surface area contributed by atoms with Crippen LogP contribution in [0.3, 0.4) is 0 Å². The molecule has 6 nitrogen and oxygen atoms in total. The van der Waals surface area contributed by atoms with E-state index in [1.807, 2.05) is 0 Å². The van der Waals surface area contributed by atoms with Crippen molar-refractivity contribution in [1.29, 1.82) is 0 Å². The highest BCUT2D eigenvalue weighted by Gasteiger charge is 2.19. The topological polar surface area (TPSA) is 87.6 Å². The Balaban J connectivity index is 2.84. The molecule has 88 valence electrons. The van der Waals surface area contributed by atoms with Crippen LogP contribution in [0.25, 0.3) is 0 Å². The Morgan fingerprint density at radius 3 is 2.69 bits per heavy atom. The van der Waals surface area contributed by atoms with Crippen LogP contribution < -0.4 is 0 Å². The SMILES string of the molecule is CS(=O)(=O)N(CC(=O)O)Cc1cccnc1. The predicted molar refractivity (Wildman–Crippen MR) is 57.1 cm³/mol. The van der Waals surface area contributed by atoms with Crippen molar-refractivity contribution >= 4 is 16.0 Å². The van der Waals surface area contributed by atoms with Gasteiger partial charge in [0.15, 0.2) is 0 Å². The molecule has 0 amide bonds.